The predicted octanol–water partition coefficient (Wildman–Crippen LogP) is 3.22. The Balaban J connectivity index is 1.30. The number of para-hydroxylation sites is 1. The summed E-state index contributed by atoms with van der Waals surface area (Å²) in [7, 11) is 3.43. The van der Waals surface area contributed by atoms with Gasteiger partial charge in [0.15, 0.2) is 10.8 Å². The van der Waals surface area contributed by atoms with Crippen LogP contribution in [0.15, 0.2) is 47.3 Å². The number of carbonyl (C=O) groups is 2. The van der Waals surface area contributed by atoms with Crippen LogP contribution in [-0.2, 0) is 14.1 Å². The Bertz CT molecular complexity index is 1360. The lowest BCUT2D eigenvalue weighted by molar-refractivity contribution is 0.0650. The van der Waals surface area contributed by atoms with Gasteiger partial charge in [0.1, 0.15) is 0 Å². The van der Waals surface area contributed by atoms with Crippen molar-refractivity contribution in [3.8, 4) is 0 Å². The van der Waals surface area contributed by atoms with Crippen molar-refractivity contribution in [3.05, 3.63) is 63.5 Å². The van der Waals surface area contributed by atoms with Crippen molar-refractivity contribution in [2.75, 3.05) is 13.1 Å². The van der Waals surface area contributed by atoms with Gasteiger partial charge >= 0.3 is 5.69 Å². The van der Waals surface area contributed by atoms with E-state index in [9.17, 15) is 14.4 Å². The predicted molar refractivity (Wildman–Crippen MR) is 121 cm³/mol. The normalized spacial score (nSPS) is 15.1. The number of nitrogens with zero attached hydrogens (tertiary/aromatic N) is 4. The van der Waals surface area contributed by atoms with Crippen molar-refractivity contribution in [1.82, 2.24) is 19.0 Å². The smallest absolute Gasteiger partial charge is 0.328 e. The molecule has 0 saturated carbocycles. The van der Waals surface area contributed by atoms with Crippen LogP contribution in [0.3, 0.4) is 0 Å². The van der Waals surface area contributed by atoms with Crippen LogP contribution in [0.1, 0.15) is 33.0 Å². The van der Waals surface area contributed by atoms with E-state index >= 15 is 0 Å². The second-order valence-electron chi connectivity index (χ2n) is 8.02. The Hall–Kier alpha value is -3.26. The molecule has 0 radical (unpaired) electrons. The first-order valence-electron chi connectivity index (χ1n) is 10.3. The molecule has 8 heteroatoms. The van der Waals surface area contributed by atoms with E-state index in [0.29, 0.717) is 36.5 Å². The van der Waals surface area contributed by atoms with E-state index in [1.54, 1.807) is 40.3 Å². The molecule has 5 rings (SSSR count). The van der Waals surface area contributed by atoms with E-state index < -0.39 is 0 Å². The van der Waals surface area contributed by atoms with Crippen LogP contribution in [0, 0.1) is 5.92 Å². The maximum absolute atomic E-state index is 13.0. The number of Topliss-reactive ketones (excluding diaryl/α,β-unsaturated/α-hetero) is 1. The lowest BCUT2D eigenvalue weighted by Gasteiger charge is -2.31. The van der Waals surface area contributed by atoms with Crippen LogP contribution in [0.5, 0.6) is 0 Å². The standard InChI is InChI=1S/C23H22N4O3S/c1-25-17-8-7-15(13-18(17)26(2)23(25)30)22(29)27-11-9-14(10-12-27)20(28)21-24-16-5-3-4-6-19(16)31-21/h3-8,13-14H,9-12H2,1-2H3. The molecular formula is C23H22N4O3S. The highest BCUT2D eigenvalue weighted by atomic mass is 32.1. The fourth-order valence-corrected chi connectivity index (χ4v) is 5.30. The number of likely N-dealkylation sites (tertiary alicyclic amines) is 1. The van der Waals surface area contributed by atoms with E-state index in [2.05, 4.69) is 4.98 Å². The lowest BCUT2D eigenvalue weighted by atomic mass is 9.92. The van der Waals surface area contributed by atoms with Gasteiger partial charge in [-0.25, -0.2) is 9.78 Å². The molecule has 1 saturated heterocycles. The number of thiazole rings is 1. The van der Waals surface area contributed by atoms with Gasteiger partial charge in [-0.3, -0.25) is 18.7 Å². The zero-order valence-corrected chi connectivity index (χ0v) is 18.2. The molecule has 1 amide bonds. The molecule has 2 aromatic heterocycles. The van der Waals surface area contributed by atoms with Gasteiger partial charge in [-0.2, -0.15) is 0 Å². The molecule has 0 atom stereocenters. The molecule has 3 heterocycles. The highest BCUT2D eigenvalue weighted by molar-refractivity contribution is 7.20. The number of fused-ring (bicyclic) bond motifs is 2. The van der Waals surface area contributed by atoms with Crippen molar-refractivity contribution in [3.63, 3.8) is 0 Å². The number of imidazole rings is 1. The number of hydrogen-bond donors (Lipinski definition) is 0. The number of hydrogen-bond acceptors (Lipinski definition) is 5. The van der Waals surface area contributed by atoms with Crippen molar-refractivity contribution in [1.29, 1.82) is 0 Å². The Morgan fingerprint density at radius 2 is 1.71 bits per heavy atom. The molecular weight excluding hydrogens is 412 g/mol. The summed E-state index contributed by atoms with van der Waals surface area (Å²) in [5, 5.41) is 0.557. The third-order valence-electron chi connectivity index (χ3n) is 6.18. The van der Waals surface area contributed by atoms with Gasteiger partial charge in [0, 0.05) is 38.7 Å². The Morgan fingerprint density at radius 3 is 2.45 bits per heavy atom. The molecule has 0 spiro atoms. The zero-order chi connectivity index (χ0) is 21.7. The van der Waals surface area contributed by atoms with Gasteiger partial charge < -0.3 is 4.90 Å². The van der Waals surface area contributed by atoms with Gasteiger partial charge in [-0.15, -0.1) is 11.3 Å². The van der Waals surface area contributed by atoms with E-state index in [-0.39, 0.29) is 23.3 Å². The Labute approximate surface area is 182 Å². The zero-order valence-electron chi connectivity index (χ0n) is 17.4. The number of aryl methyl sites for hydroxylation is 2. The van der Waals surface area contributed by atoms with Crippen LogP contribution in [0.25, 0.3) is 21.3 Å². The maximum Gasteiger partial charge on any atom is 0.328 e. The molecule has 31 heavy (non-hydrogen) atoms. The van der Waals surface area contributed by atoms with Gasteiger partial charge in [0.05, 0.1) is 21.3 Å². The third kappa shape index (κ3) is 3.27. The molecule has 158 valence electrons. The summed E-state index contributed by atoms with van der Waals surface area (Å²) in [6.45, 7) is 1.07. The Kier molecular flexibility index (Phi) is 4.74. The van der Waals surface area contributed by atoms with Crippen LogP contribution < -0.4 is 5.69 Å². The minimum atomic E-state index is -0.117. The molecule has 0 unspecified atom stereocenters. The SMILES string of the molecule is Cn1c(=O)n(C)c2cc(C(=O)N3CCC(C(=O)c4nc5ccccc5s4)CC3)ccc21. The molecule has 0 aliphatic carbocycles. The van der Waals surface area contributed by atoms with E-state index in [1.165, 1.54) is 11.3 Å². The summed E-state index contributed by atoms with van der Waals surface area (Å²) in [5.74, 6) is -0.0971. The largest absolute Gasteiger partial charge is 0.339 e. The third-order valence-corrected chi connectivity index (χ3v) is 7.23. The molecule has 0 N–H and O–H groups in total. The lowest BCUT2D eigenvalue weighted by Crippen LogP contribution is -2.40. The number of aromatic nitrogens is 3. The summed E-state index contributed by atoms with van der Waals surface area (Å²) >= 11 is 1.44. The molecule has 1 aliphatic rings. The summed E-state index contributed by atoms with van der Waals surface area (Å²) in [5.41, 5.74) is 2.83. The molecule has 1 aliphatic heterocycles. The quantitative estimate of drug-likeness (QED) is 0.464. The fraction of sp³-hybridized carbons (Fsp3) is 0.304. The number of amides is 1. The van der Waals surface area contributed by atoms with Gasteiger partial charge in [0.2, 0.25) is 0 Å². The van der Waals surface area contributed by atoms with Crippen molar-refractivity contribution < 1.29 is 9.59 Å². The van der Waals surface area contributed by atoms with Crippen molar-refractivity contribution >= 4 is 44.3 Å². The summed E-state index contributed by atoms with van der Waals surface area (Å²) in [6, 6.07) is 13.1. The second kappa shape index (κ2) is 7.46. The topological polar surface area (TPSA) is 77.2 Å². The summed E-state index contributed by atoms with van der Waals surface area (Å²) in [6.07, 6.45) is 1.26. The van der Waals surface area contributed by atoms with Crippen LogP contribution in [0.4, 0.5) is 0 Å². The van der Waals surface area contributed by atoms with Crippen LogP contribution in [-0.4, -0.2) is 43.8 Å². The number of benzene rings is 2. The minimum absolute atomic E-state index is 0.0657. The average molecular weight is 435 g/mol. The summed E-state index contributed by atoms with van der Waals surface area (Å²) in [4.78, 5) is 44.4. The first kappa shape index (κ1) is 19.7. The first-order chi connectivity index (χ1) is 14.9. The van der Waals surface area contributed by atoms with E-state index in [1.807, 2.05) is 30.3 Å². The monoisotopic (exact) mass is 434 g/mol. The molecule has 4 aromatic rings. The molecule has 0 bridgehead atoms. The maximum atomic E-state index is 13.0. The summed E-state index contributed by atoms with van der Waals surface area (Å²) < 4.78 is 4.14. The fourth-order valence-electron chi connectivity index (χ4n) is 4.32. The minimum Gasteiger partial charge on any atom is -0.339 e. The van der Waals surface area contributed by atoms with Crippen molar-refractivity contribution in [2.24, 2.45) is 20.0 Å². The van der Waals surface area contributed by atoms with Crippen LogP contribution >= 0.6 is 11.3 Å². The number of piperidine rings is 1. The van der Waals surface area contributed by atoms with Crippen molar-refractivity contribution in [2.45, 2.75) is 12.8 Å². The highest BCUT2D eigenvalue weighted by Crippen LogP contribution is 2.28. The van der Waals surface area contributed by atoms with Crippen LogP contribution in [0.2, 0.25) is 0 Å². The molecule has 7 nitrogen and oxygen atoms in total. The van der Waals surface area contributed by atoms with E-state index in [4.69, 9.17) is 0 Å². The first-order valence-corrected chi connectivity index (χ1v) is 11.1. The highest BCUT2D eigenvalue weighted by Gasteiger charge is 2.30. The number of rotatable bonds is 3. The van der Waals surface area contributed by atoms with Gasteiger partial charge in [0.25, 0.3) is 5.91 Å². The Morgan fingerprint density at radius 1 is 1.00 bits per heavy atom. The molecule has 1 fully saturated rings. The second-order valence-corrected chi connectivity index (χ2v) is 9.05. The van der Waals surface area contributed by atoms with E-state index in [0.717, 1.165) is 21.3 Å². The molecule has 2 aromatic carbocycles. The number of carbonyl (C=O) groups excluding carboxylic acids is 2. The average Bonchev–Trinajstić information content (AvgIpc) is 3.33. The van der Waals surface area contributed by atoms with Gasteiger partial charge in [-0.1, -0.05) is 12.1 Å². The van der Waals surface area contributed by atoms with Gasteiger partial charge in [-0.05, 0) is 43.2 Å². The number of ketones is 1.